The molecule has 1 atom stereocenters. The largest absolute Gasteiger partial charge is 0.366 e. The number of nitrogens with one attached hydrogen (secondary N) is 1. The van der Waals surface area contributed by atoms with Gasteiger partial charge in [0, 0.05) is 16.8 Å². The van der Waals surface area contributed by atoms with Crippen LogP contribution in [0.3, 0.4) is 0 Å². The number of allylic oxidation sites excluding steroid dienone is 2. The van der Waals surface area contributed by atoms with Crippen LogP contribution in [0.2, 0.25) is 5.02 Å². The SMILES string of the molecule is NC(=O)c1cc(Cl)cc(C2C=CC=CN2NC(=O)C2(c3ccccc3)CCCC2)c1. The molecule has 4 rings (SSSR count). The van der Waals surface area contributed by atoms with Gasteiger partial charge in [-0.15, -0.1) is 0 Å². The Morgan fingerprint density at radius 3 is 2.50 bits per heavy atom. The molecular weight excluding hydrogens is 398 g/mol. The molecule has 154 valence electrons. The number of nitrogens with two attached hydrogens (primary N) is 1. The lowest BCUT2D eigenvalue weighted by molar-refractivity contribution is -0.131. The van der Waals surface area contributed by atoms with E-state index in [2.05, 4.69) is 5.43 Å². The zero-order valence-electron chi connectivity index (χ0n) is 16.6. The molecule has 5 nitrogen and oxygen atoms in total. The summed E-state index contributed by atoms with van der Waals surface area (Å²) < 4.78 is 0. The predicted octanol–water partition coefficient (Wildman–Crippen LogP) is 4.41. The van der Waals surface area contributed by atoms with Crippen LogP contribution in [0.15, 0.2) is 73.0 Å². The highest BCUT2D eigenvalue weighted by atomic mass is 35.5. The van der Waals surface area contributed by atoms with Gasteiger partial charge >= 0.3 is 0 Å². The van der Waals surface area contributed by atoms with Gasteiger partial charge in [-0.3, -0.25) is 20.0 Å². The third-order valence-electron chi connectivity index (χ3n) is 5.95. The molecule has 0 aromatic heterocycles. The number of halogens is 1. The molecule has 2 amide bonds. The lowest BCUT2D eigenvalue weighted by Gasteiger charge is -2.36. The third kappa shape index (κ3) is 3.85. The first-order valence-electron chi connectivity index (χ1n) is 10.1. The number of amides is 2. The van der Waals surface area contributed by atoms with Crippen LogP contribution in [-0.4, -0.2) is 16.8 Å². The number of benzene rings is 2. The molecule has 0 bridgehead atoms. The maximum atomic E-state index is 13.5. The molecule has 1 aliphatic carbocycles. The van der Waals surface area contributed by atoms with Gasteiger partial charge in [0.2, 0.25) is 11.8 Å². The standard InChI is InChI=1S/C24H24ClN3O2/c25-20-15-17(14-18(16-20)22(26)29)21-10-4-7-13-28(21)27-23(30)24(11-5-6-12-24)19-8-2-1-3-9-19/h1-4,7-10,13-16,21H,5-6,11-12H2,(H2,26,29)(H,27,30). The van der Waals surface area contributed by atoms with E-state index in [0.717, 1.165) is 36.8 Å². The lowest BCUT2D eigenvalue weighted by Crippen LogP contribution is -2.50. The van der Waals surface area contributed by atoms with E-state index in [0.29, 0.717) is 10.6 Å². The molecule has 2 aromatic rings. The average molecular weight is 422 g/mol. The molecule has 2 aromatic carbocycles. The van der Waals surface area contributed by atoms with Gasteiger partial charge in [-0.2, -0.15) is 0 Å². The highest BCUT2D eigenvalue weighted by Gasteiger charge is 2.43. The first-order chi connectivity index (χ1) is 14.5. The van der Waals surface area contributed by atoms with Crippen LogP contribution in [0, 0.1) is 0 Å². The summed E-state index contributed by atoms with van der Waals surface area (Å²) in [5.41, 5.74) is 10.2. The minimum atomic E-state index is -0.543. The van der Waals surface area contributed by atoms with E-state index < -0.39 is 11.3 Å². The zero-order chi connectivity index (χ0) is 21.1. The molecule has 6 heteroatoms. The van der Waals surface area contributed by atoms with Gasteiger partial charge < -0.3 is 5.73 Å². The molecule has 1 fully saturated rings. The molecule has 1 heterocycles. The second-order valence-corrected chi connectivity index (χ2v) is 8.25. The van der Waals surface area contributed by atoms with Gasteiger partial charge in [0.15, 0.2) is 0 Å². The van der Waals surface area contributed by atoms with Crippen molar-refractivity contribution in [2.45, 2.75) is 37.1 Å². The van der Waals surface area contributed by atoms with E-state index in [-0.39, 0.29) is 11.9 Å². The fourth-order valence-electron chi connectivity index (χ4n) is 4.41. The van der Waals surface area contributed by atoms with Crippen LogP contribution in [-0.2, 0) is 10.2 Å². The summed E-state index contributed by atoms with van der Waals surface area (Å²) in [7, 11) is 0. The maximum Gasteiger partial charge on any atom is 0.249 e. The molecule has 3 N–H and O–H groups in total. The summed E-state index contributed by atoms with van der Waals surface area (Å²) in [6.45, 7) is 0. The molecule has 0 saturated heterocycles. The van der Waals surface area contributed by atoms with E-state index >= 15 is 0 Å². The van der Waals surface area contributed by atoms with Crippen LogP contribution >= 0.6 is 11.6 Å². The van der Waals surface area contributed by atoms with Crippen molar-refractivity contribution in [2.24, 2.45) is 5.73 Å². The Balaban J connectivity index is 1.63. The summed E-state index contributed by atoms with van der Waals surface area (Å²) in [6.07, 6.45) is 11.2. The highest BCUT2D eigenvalue weighted by Crippen LogP contribution is 2.41. The second-order valence-electron chi connectivity index (χ2n) is 7.81. The van der Waals surface area contributed by atoms with Crippen LogP contribution in [0.4, 0.5) is 0 Å². The van der Waals surface area contributed by atoms with Crippen molar-refractivity contribution in [1.29, 1.82) is 0 Å². The zero-order valence-corrected chi connectivity index (χ0v) is 17.3. The number of hydrogen-bond acceptors (Lipinski definition) is 3. The molecule has 30 heavy (non-hydrogen) atoms. The topological polar surface area (TPSA) is 75.4 Å². The summed E-state index contributed by atoms with van der Waals surface area (Å²) >= 11 is 6.22. The normalized spacial score (nSPS) is 19.6. The van der Waals surface area contributed by atoms with Crippen LogP contribution < -0.4 is 11.2 Å². The molecule has 2 aliphatic rings. The smallest absolute Gasteiger partial charge is 0.249 e. The van der Waals surface area contributed by atoms with Crippen molar-refractivity contribution < 1.29 is 9.59 Å². The molecule has 0 radical (unpaired) electrons. The lowest BCUT2D eigenvalue weighted by atomic mass is 9.78. The highest BCUT2D eigenvalue weighted by molar-refractivity contribution is 6.31. The summed E-state index contributed by atoms with van der Waals surface area (Å²) in [4.78, 5) is 25.2. The Kier molecular flexibility index (Phi) is 5.64. The van der Waals surface area contributed by atoms with E-state index in [4.69, 9.17) is 17.3 Å². The summed E-state index contributed by atoms with van der Waals surface area (Å²) in [5, 5.41) is 2.19. The van der Waals surface area contributed by atoms with Gasteiger partial charge in [0.25, 0.3) is 0 Å². The first-order valence-corrected chi connectivity index (χ1v) is 10.5. The molecule has 0 spiro atoms. The molecule has 1 unspecified atom stereocenters. The van der Waals surface area contributed by atoms with Crippen LogP contribution in [0.1, 0.15) is 53.2 Å². The Bertz CT molecular complexity index is 1010. The molecule has 1 saturated carbocycles. The van der Waals surface area contributed by atoms with Crippen molar-refractivity contribution >= 4 is 23.4 Å². The quantitative estimate of drug-likeness (QED) is 0.750. The molecule has 1 aliphatic heterocycles. The number of carbonyl (C=O) groups excluding carboxylic acids is 2. The first kappa shape index (κ1) is 20.2. The van der Waals surface area contributed by atoms with Crippen molar-refractivity contribution in [3.8, 4) is 0 Å². The second kappa shape index (κ2) is 8.36. The number of primary amides is 1. The van der Waals surface area contributed by atoms with Gasteiger partial charge in [-0.25, -0.2) is 0 Å². The monoisotopic (exact) mass is 421 g/mol. The van der Waals surface area contributed by atoms with E-state index in [1.165, 1.54) is 0 Å². The fraction of sp³-hybridized carbons (Fsp3) is 0.250. The van der Waals surface area contributed by atoms with Gasteiger partial charge in [0.05, 0.1) is 11.5 Å². The van der Waals surface area contributed by atoms with Crippen molar-refractivity contribution in [2.75, 3.05) is 0 Å². The number of hydrogen-bond donors (Lipinski definition) is 2. The van der Waals surface area contributed by atoms with Gasteiger partial charge in [-0.1, -0.05) is 66.9 Å². The summed E-state index contributed by atoms with van der Waals surface area (Å²) in [6, 6.07) is 14.7. The van der Waals surface area contributed by atoms with Crippen LogP contribution in [0.5, 0.6) is 0 Å². The van der Waals surface area contributed by atoms with Crippen molar-refractivity contribution in [1.82, 2.24) is 10.4 Å². The van der Waals surface area contributed by atoms with Gasteiger partial charge in [0.1, 0.15) is 0 Å². The number of carbonyl (C=O) groups is 2. The fourth-order valence-corrected chi connectivity index (χ4v) is 4.65. The number of nitrogens with zero attached hydrogens (tertiary/aromatic N) is 1. The Hall–Kier alpha value is -3.05. The maximum absolute atomic E-state index is 13.5. The summed E-state index contributed by atoms with van der Waals surface area (Å²) in [5.74, 6) is -0.563. The minimum Gasteiger partial charge on any atom is -0.366 e. The Morgan fingerprint density at radius 2 is 1.80 bits per heavy atom. The molecular formula is C24H24ClN3O2. The van der Waals surface area contributed by atoms with Crippen molar-refractivity contribution in [3.05, 3.63) is 94.7 Å². The van der Waals surface area contributed by atoms with E-state index in [9.17, 15) is 9.59 Å². The minimum absolute atomic E-state index is 0.0201. The average Bonchev–Trinajstić information content (AvgIpc) is 3.26. The van der Waals surface area contributed by atoms with E-state index in [1.54, 1.807) is 23.2 Å². The van der Waals surface area contributed by atoms with E-state index in [1.807, 2.05) is 54.8 Å². The van der Waals surface area contributed by atoms with Gasteiger partial charge in [-0.05, 0) is 48.2 Å². The number of hydrazine groups is 1. The van der Waals surface area contributed by atoms with Crippen LogP contribution in [0.25, 0.3) is 0 Å². The number of rotatable bonds is 5. The Labute approximate surface area is 181 Å². The van der Waals surface area contributed by atoms with Crippen molar-refractivity contribution in [3.63, 3.8) is 0 Å². The predicted molar refractivity (Wildman–Crippen MR) is 118 cm³/mol. The third-order valence-corrected chi connectivity index (χ3v) is 6.16. The Morgan fingerprint density at radius 1 is 1.07 bits per heavy atom.